The molecule has 0 amide bonds. The Morgan fingerprint density at radius 1 is 1.54 bits per heavy atom. The second-order valence-electron chi connectivity index (χ2n) is 3.28. The van der Waals surface area contributed by atoms with Crippen molar-refractivity contribution in [2.24, 2.45) is 0 Å². The largest absolute Gasteiger partial charge is 0.389 e. The van der Waals surface area contributed by atoms with Crippen molar-refractivity contribution >= 4 is 11.8 Å². The van der Waals surface area contributed by atoms with E-state index in [4.69, 9.17) is 10.8 Å². The van der Waals surface area contributed by atoms with Crippen molar-refractivity contribution in [1.82, 2.24) is 9.97 Å². The normalized spacial score (nSPS) is 17.2. The zero-order valence-corrected chi connectivity index (χ0v) is 7.44. The molecule has 0 bridgehead atoms. The maximum Gasteiger partial charge on any atom is 0.222 e. The molecule has 5 nitrogen and oxygen atoms in total. The first-order chi connectivity index (χ1) is 6.15. The van der Waals surface area contributed by atoms with Gasteiger partial charge in [0.05, 0.1) is 6.10 Å². The average molecular weight is 180 g/mol. The van der Waals surface area contributed by atoms with Gasteiger partial charge in [0.2, 0.25) is 5.95 Å². The summed E-state index contributed by atoms with van der Waals surface area (Å²) < 4.78 is 0. The molecular formula is C8H12N4O. The van der Waals surface area contributed by atoms with E-state index >= 15 is 0 Å². The summed E-state index contributed by atoms with van der Waals surface area (Å²) in [6.07, 6.45) is -0.225. The fraction of sp³-hybridized carbons (Fsp3) is 0.500. The Bertz CT molecular complexity index is 302. The van der Waals surface area contributed by atoms with Gasteiger partial charge in [-0.15, -0.1) is 0 Å². The van der Waals surface area contributed by atoms with E-state index in [-0.39, 0.29) is 12.1 Å². The second-order valence-corrected chi connectivity index (χ2v) is 3.28. The molecule has 0 aliphatic carbocycles. The van der Waals surface area contributed by atoms with Gasteiger partial charge in [-0.1, -0.05) is 0 Å². The van der Waals surface area contributed by atoms with Gasteiger partial charge in [0.1, 0.15) is 5.82 Å². The van der Waals surface area contributed by atoms with E-state index in [2.05, 4.69) is 9.97 Å². The Morgan fingerprint density at radius 2 is 2.23 bits per heavy atom. The Hall–Kier alpha value is -1.36. The lowest BCUT2D eigenvalue weighted by atomic mass is 10.2. The molecule has 0 aromatic carbocycles. The highest BCUT2D eigenvalue weighted by Gasteiger charge is 2.25. The summed E-state index contributed by atoms with van der Waals surface area (Å²) >= 11 is 0. The van der Waals surface area contributed by atoms with Crippen molar-refractivity contribution in [2.45, 2.75) is 13.0 Å². The summed E-state index contributed by atoms with van der Waals surface area (Å²) in [4.78, 5) is 10.0. The molecule has 0 radical (unpaired) electrons. The molecular weight excluding hydrogens is 168 g/mol. The van der Waals surface area contributed by atoms with Crippen LogP contribution in [0.4, 0.5) is 11.8 Å². The van der Waals surface area contributed by atoms with E-state index in [9.17, 15) is 0 Å². The molecule has 5 heteroatoms. The van der Waals surface area contributed by atoms with Gasteiger partial charge in [0, 0.05) is 24.8 Å². The number of nitrogen functional groups attached to an aromatic ring is 1. The number of β-amino-alcohol motifs (C(OH)–C–C–N with tert-alkyl or cyclic N) is 1. The molecule has 0 atom stereocenters. The molecule has 1 saturated heterocycles. The monoisotopic (exact) mass is 180 g/mol. The van der Waals surface area contributed by atoms with Crippen molar-refractivity contribution < 1.29 is 5.11 Å². The first kappa shape index (κ1) is 8.25. The number of anilines is 2. The number of aromatic nitrogens is 2. The van der Waals surface area contributed by atoms with Gasteiger partial charge in [-0.2, -0.15) is 4.98 Å². The number of nitrogens with zero attached hydrogens (tertiary/aromatic N) is 3. The summed E-state index contributed by atoms with van der Waals surface area (Å²) in [6.45, 7) is 3.14. The second kappa shape index (κ2) is 2.85. The van der Waals surface area contributed by atoms with Gasteiger partial charge in [0.25, 0.3) is 0 Å². The molecule has 70 valence electrons. The topological polar surface area (TPSA) is 75.3 Å². The van der Waals surface area contributed by atoms with Crippen LogP contribution < -0.4 is 10.6 Å². The molecule has 3 N–H and O–H groups in total. The minimum atomic E-state index is -0.225. The SMILES string of the molecule is Cc1cc(N2CC(O)C2)nc(N)n1. The summed E-state index contributed by atoms with van der Waals surface area (Å²) in [7, 11) is 0. The molecule has 1 aromatic heterocycles. The molecule has 2 rings (SSSR count). The zero-order chi connectivity index (χ0) is 9.42. The van der Waals surface area contributed by atoms with Gasteiger partial charge in [-0.25, -0.2) is 4.98 Å². The van der Waals surface area contributed by atoms with Crippen LogP contribution in [0.2, 0.25) is 0 Å². The van der Waals surface area contributed by atoms with Crippen molar-refractivity contribution in [3.05, 3.63) is 11.8 Å². The van der Waals surface area contributed by atoms with E-state index in [0.29, 0.717) is 13.1 Å². The number of rotatable bonds is 1. The van der Waals surface area contributed by atoms with Gasteiger partial charge in [0.15, 0.2) is 0 Å². The Morgan fingerprint density at radius 3 is 2.77 bits per heavy atom. The van der Waals surface area contributed by atoms with E-state index in [1.165, 1.54) is 0 Å². The third-order valence-electron chi connectivity index (χ3n) is 2.04. The summed E-state index contributed by atoms with van der Waals surface area (Å²) in [6, 6.07) is 1.86. The molecule has 0 saturated carbocycles. The van der Waals surface area contributed by atoms with Crippen LogP contribution >= 0.6 is 0 Å². The highest BCUT2D eigenvalue weighted by atomic mass is 16.3. The lowest BCUT2D eigenvalue weighted by Crippen LogP contribution is -2.51. The first-order valence-electron chi connectivity index (χ1n) is 4.19. The number of aliphatic hydroxyl groups excluding tert-OH is 1. The fourth-order valence-corrected chi connectivity index (χ4v) is 1.38. The molecule has 1 fully saturated rings. The van der Waals surface area contributed by atoms with E-state index in [1.54, 1.807) is 0 Å². The highest BCUT2D eigenvalue weighted by Crippen LogP contribution is 2.19. The third-order valence-corrected chi connectivity index (χ3v) is 2.04. The van der Waals surface area contributed by atoms with Crippen molar-refractivity contribution in [3.63, 3.8) is 0 Å². The van der Waals surface area contributed by atoms with Gasteiger partial charge in [-0.3, -0.25) is 0 Å². The van der Waals surface area contributed by atoms with Crippen molar-refractivity contribution in [3.8, 4) is 0 Å². The van der Waals surface area contributed by atoms with Crippen LogP contribution in [0.25, 0.3) is 0 Å². The number of hydrogen-bond donors (Lipinski definition) is 2. The van der Waals surface area contributed by atoms with Gasteiger partial charge >= 0.3 is 0 Å². The average Bonchev–Trinajstić information content (AvgIpc) is 1.96. The van der Waals surface area contributed by atoms with Crippen LogP contribution in [-0.2, 0) is 0 Å². The lowest BCUT2D eigenvalue weighted by molar-refractivity contribution is 0.141. The maximum atomic E-state index is 9.10. The predicted octanol–water partition coefficient (Wildman–Crippen LogP) is -0.452. The predicted molar refractivity (Wildman–Crippen MR) is 49.4 cm³/mol. The molecule has 1 aliphatic heterocycles. The molecule has 2 heterocycles. The van der Waals surface area contributed by atoms with E-state index in [1.807, 2.05) is 17.9 Å². The Balaban J connectivity index is 2.21. The quantitative estimate of drug-likeness (QED) is 0.612. The van der Waals surface area contributed by atoms with E-state index in [0.717, 1.165) is 11.5 Å². The molecule has 1 aliphatic rings. The minimum Gasteiger partial charge on any atom is -0.389 e. The molecule has 0 spiro atoms. The van der Waals surface area contributed by atoms with Gasteiger partial charge in [-0.05, 0) is 6.92 Å². The number of aryl methyl sites for hydroxylation is 1. The van der Waals surface area contributed by atoms with Crippen molar-refractivity contribution in [1.29, 1.82) is 0 Å². The Labute approximate surface area is 76.2 Å². The van der Waals surface area contributed by atoms with Crippen LogP contribution in [-0.4, -0.2) is 34.3 Å². The molecule has 0 unspecified atom stereocenters. The maximum absolute atomic E-state index is 9.10. The molecule has 13 heavy (non-hydrogen) atoms. The van der Waals surface area contributed by atoms with Crippen LogP contribution in [0.15, 0.2) is 6.07 Å². The summed E-state index contributed by atoms with van der Waals surface area (Å²) in [5.74, 6) is 1.09. The minimum absolute atomic E-state index is 0.225. The lowest BCUT2D eigenvalue weighted by Gasteiger charge is -2.36. The Kier molecular flexibility index (Phi) is 1.81. The zero-order valence-electron chi connectivity index (χ0n) is 7.44. The van der Waals surface area contributed by atoms with Crippen LogP contribution in [0.5, 0.6) is 0 Å². The fourth-order valence-electron chi connectivity index (χ4n) is 1.38. The van der Waals surface area contributed by atoms with Gasteiger partial charge < -0.3 is 15.7 Å². The smallest absolute Gasteiger partial charge is 0.222 e. The summed E-state index contributed by atoms with van der Waals surface area (Å²) in [5.41, 5.74) is 6.35. The van der Waals surface area contributed by atoms with Crippen LogP contribution in [0.1, 0.15) is 5.69 Å². The summed E-state index contributed by atoms with van der Waals surface area (Å²) in [5, 5.41) is 9.10. The molecule has 1 aromatic rings. The highest BCUT2D eigenvalue weighted by molar-refractivity contribution is 5.45. The van der Waals surface area contributed by atoms with Crippen LogP contribution in [0, 0.1) is 6.92 Å². The third kappa shape index (κ3) is 1.55. The van der Waals surface area contributed by atoms with Crippen LogP contribution in [0.3, 0.4) is 0 Å². The first-order valence-corrected chi connectivity index (χ1v) is 4.19. The number of aliphatic hydroxyl groups is 1. The van der Waals surface area contributed by atoms with E-state index < -0.39 is 0 Å². The number of hydrogen-bond acceptors (Lipinski definition) is 5. The number of nitrogens with two attached hydrogens (primary N) is 1. The standard InChI is InChI=1S/C8H12N4O/c1-5-2-7(11-8(9)10-5)12-3-6(13)4-12/h2,6,13H,3-4H2,1H3,(H2,9,10,11). The van der Waals surface area contributed by atoms with Crippen molar-refractivity contribution in [2.75, 3.05) is 23.7 Å².